The third-order valence-corrected chi connectivity index (χ3v) is 7.18. The molecule has 15 heteroatoms. The highest BCUT2D eigenvalue weighted by Crippen LogP contribution is 2.44. The largest absolute Gasteiger partial charge is 0.490 e. The van der Waals surface area contributed by atoms with E-state index >= 15 is 0 Å². The van der Waals surface area contributed by atoms with Gasteiger partial charge >= 0.3 is 24.1 Å². The number of hydrogen-bond acceptors (Lipinski definition) is 7. The molecule has 0 spiro atoms. The molecular weight excluding hydrogens is 585 g/mol. The number of likely N-dealkylation sites (N-methyl/N-ethyl adjacent to an activating group) is 1. The van der Waals surface area contributed by atoms with E-state index in [0.29, 0.717) is 10.7 Å². The number of alkyl halides is 3. The van der Waals surface area contributed by atoms with Crippen LogP contribution in [0.3, 0.4) is 0 Å². The van der Waals surface area contributed by atoms with Gasteiger partial charge in [-0.1, -0.05) is 41.9 Å². The lowest BCUT2D eigenvalue weighted by Gasteiger charge is -2.30. The molecule has 4 amide bonds. The molecule has 2 heterocycles. The number of aliphatic carboxylic acids is 1. The number of urea groups is 1. The Kier molecular flexibility index (Phi) is 9.84. The number of carbonyl (C=O) groups excluding carboxylic acids is 4. The summed E-state index contributed by atoms with van der Waals surface area (Å²) in [6, 6.07) is 14.8. The quantitative estimate of drug-likeness (QED) is 0.333. The number of anilines is 1. The zero-order valence-electron chi connectivity index (χ0n) is 22.6. The number of ether oxygens (including phenoxy) is 1. The monoisotopic (exact) mass is 612 g/mol. The molecule has 2 aromatic rings. The molecule has 226 valence electrons. The predicted octanol–water partition coefficient (Wildman–Crippen LogP) is 3.14. The van der Waals surface area contributed by atoms with Gasteiger partial charge in [0.1, 0.15) is 5.54 Å². The van der Waals surface area contributed by atoms with Crippen LogP contribution in [0.4, 0.5) is 23.7 Å². The second-order valence-corrected chi connectivity index (χ2v) is 10.3. The maximum atomic E-state index is 13.5. The van der Waals surface area contributed by atoms with Crippen molar-refractivity contribution in [3.8, 4) is 0 Å². The number of nitrogens with zero attached hydrogens (tertiary/aromatic N) is 2. The molecule has 0 bridgehead atoms. The van der Waals surface area contributed by atoms with Crippen molar-refractivity contribution in [1.82, 2.24) is 15.1 Å². The highest BCUT2D eigenvalue weighted by molar-refractivity contribution is 6.30. The van der Waals surface area contributed by atoms with Gasteiger partial charge in [0.15, 0.2) is 0 Å². The van der Waals surface area contributed by atoms with Crippen LogP contribution in [0.5, 0.6) is 0 Å². The average molecular weight is 613 g/mol. The molecule has 2 aliphatic rings. The molecule has 0 unspecified atom stereocenters. The summed E-state index contributed by atoms with van der Waals surface area (Å²) in [5.41, 5.74) is -0.0440. The fourth-order valence-electron chi connectivity index (χ4n) is 4.94. The molecule has 11 nitrogen and oxygen atoms in total. The van der Waals surface area contributed by atoms with Crippen molar-refractivity contribution >= 4 is 47.1 Å². The van der Waals surface area contributed by atoms with Gasteiger partial charge in [-0.25, -0.2) is 9.59 Å². The Morgan fingerprint density at radius 1 is 1.10 bits per heavy atom. The number of hydrogen-bond donors (Lipinski definition) is 3. The van der Waals surface area contributed by atoms with Gasteiger partial charge in [0.25, 0.3) is 0 Å². The van der Waals surface area contributed by atoms with Crippen LogP contribution in [0, 0.1) is 11.8 Å². The van der Waals surface area contributed by atoms with E-state index in [1.165, 1.54) is 16.9 Å². The first-order valence-corrected chi connectivity index (χ1v) is 12.8. The van der Waals surface area contributed by atoms with Gasteiger partial charge in [0.2, 0.25) is 11.8 Å². The maximum absolute atomic E-state index is 13.5. The van der Waals surface area contributed by atoms with Crippen LogP contribution in [0.15, 0.2) is 54.6 Å². The van der Waals surface area contributed by atoms with Crippen LogP contribution in [0.2, 0.25) is 5.02 Å². The summed E-state index contributed by atoms with van der Waals surface area (Å²) >= 11 is 5.90. The van der Waals surface area contributed by atoms with E-state index < -0.39 is 53.5 Å². The number of halogens is 4. The smallest absolute Gasteiger partial charge is 0.475 e. The number of nitrogens with one attached hydrogen (secondary N) is 2. The van der Waals surface area contributed by atoms with Gasteiger partial charge in [0, 0.05) is 30.3 Å². The van der Waals surface area contributed by atoms with Crippen molar-refractivity contribution in [3.05, 3.63) is 65.2 Å². The van der Waals surface area contributed by atoms with E-state index in [-0.39, 0.29) is 19.0 Å². The summed E-state index contributed by atoms with van der Waals surface area (Å²) in [5.74, 6) is -5.95. The zero-order chi connectivity index (χ0) is 31.4. The van der Waals surface area contributed by atoms with Crippen molar-refractivity contribution in [2.24, 2.45) is 11.8 Å². The number of carbonyl (C=O) groups is 5. The van der Waals surface area contributed by atoms with Crippen LogP contribution < -0.4 is 10.6 Å². The highest BCUT2D eigenvalue weighted by atomic mass is 35.5. The molecule has 0 aromatic heterocycles. The van der Waals surface area contributed by atoms with Gasteiger partial charge in [-0.15, -0.1) is 0 Å². The number of amides is 4. The number of fused-ring (bicyclic) bond motifs is 1. The number of esters is 1. The van der Waals surface area contributed by atoms with E-state index in [1.54, 1.807) is 38.2 Å². The third kappa shape index (κ3) is 6.99. The fraction of sp³-hybridized carbons (Fsp3) is 0.370. The Morgan fingerprint density at radius 3 is 2.19 bits per heavy atom. The zero-order valence-corrected chi connectivity index (χ0v) is 23.4. The number of carboxylic acid groups (broad SMARTS) is 1. The van der Waals surface area contributed by atoms with E-state index in [1.807, 2.05) is 30.3 Å². The second-order valence-electron chi connectivity index (χ2n) is 9.82. The molecule has 4 atom stereocenters. The summed E-state index contributed by atoms with van der Waals surface area (Å²) < 4.78 is 36.7. The standard InChI is InChI=1S/C25H27ClN4O5.C2HF3O2/c1-25(23(33)35-3)20-19(21(31)30(22(20)32)13-15-7-5-4-6-8-15)18(28-25)14-29(2)24(34)27-17-11-9-16(26)10-12-17;3-2(4,5)1(6)7/h4-12,18-20,28H,13-14H2,1-3H3,(H,27,34);(H,6,7)/t18-,19+,20-,25-;/m1./s1. The lowest BCUT2D eigenvalue weighted by atomic mass is 9.81. The Labute approximate surface area is 243 Å². The lowest BCUT2D eigenvalue weighted by molar-refractivity contribution is -0.192. The molecule has 2 saturated heterocycles. The van der Waals surface area contributed by atoms with Crippen LogP contribution >= 0.6 is 11.6 Å². The number of carboxylic acids is 1. The number of imide groups is 1. The number of benzene rings is 2. The van der Waals surface area contributed by atoms with Crippen molar-refractivity contribution < 1.29 is 47.0 Å². The molecule has 4 rings (SSSR count). The van der Waals surface area contributed by atoms with Crippen molar-refractivity contribution in [1.29, 1.82) is 0 Å². The highest BCUT2D eigenvalue weighted by Gasteiger charge is 2.66. The van der Waals surface area contributed by atoms with Crippen molar-refractivity contribution in [2.45, 2.75) is 31.2 Å². The number of rotatable bonds is 6. The minimum Gasteiger partial charge on any atom is -0.475 e. The van der Waals surface area contributed by atoms with Gasteiger partial charge in [0.05, 0.1) is 25.5 Å². The van der Waals surface area contributed by atoms with Crippen LogP contribution in [0.25, 0.3) is 0 Å². The van der Waals surface area contributed by atoms with E-state index in [2.05, 4.69) is 10.6 Å². The lowest BCUT2D eigenvalue weighted by Crippen LogP contribution is -2.56. The second kappa shape index (κ2) is 12.8. The summed E-state index contributed by atoms with van der Waals surface area (Å²) in [6.45, 7) is 1.77. The van der Waals surface area contributed by atoms with E-state index in [0.717, 1.165) is 5.56 Å². The molecule has 2 fully saturated rings. The average Bonchev–Trinajstić information content (AvgIpc) is 3.37. The third-order valence-electron chi connectivity index (χ3n) is 6.93. The molecule has 0 saturated carbocycles. The first-order chi connectivity index (χ1) is 19.6. The number of methoxy groups -OCH3 is 1. The molecule has 42 heavy (non-hydrogen) atoms. The minimum absolute atomic E-state index is 0.0887. The Balaban J connectivity index is 0.000000616. The van der Waals surface area contributed by atoms with Crippen molar-refractivity contribution in [3.63, 3.8) is 0 Å². The van der Waals surface area contributed by atoms with E-state index in [9.17, 15) is 32.3 Å². The molecule has 0 radical (unpaired) electrons. The topological polar surface area (TPSA) is 145 Å². The Morgan fingerprint density at radius 2 is 1.67 bits per heavy atom. The summed E-state index contributed by atoms with van der Waals surface area (Å²) in [7, 11) is 2.82. The minimum atomic E-state index is -5.08. The molecule has 2 aliphatic heterocycles. The Bertz CT molecular complexity index is 1340. The Hall–Kier alpha value is -4.17. The van der Waals surface area contributed by atoms with Crippen LogP contribution in [0.1, 0.15) is 12.5 Å². The normalized spacial score (nSPS) is 23.0. The van der Waals surface area contributed by atoms with Gasteiger partial charge in [-0.3, -0.25) is 24.6 Å². The van der Waals surface area contributed by atoms with Crippen molar-refractivity contribution in [2.75, 3.05) is 26.0 Å². The fourth-order valence-corrected chi connectivity index (χ4v) is 5.06. The maximum Gasteiger partial charge on any atom is 0.490 e. The summed E-state index contributed by atoms with van der Waals surface area (Å²) in [6.07, 6.45) is -5.08. The molecule has 0 aliphatic carbocycles. The van der Waals surface area contributed by atoms with Gasteiger partial charge in [-0.2, -0.15) is 13.2 Å². The first kappa shape index (κ1) is 32.3. The van der Waals surface area contributed by atoms with Gasteiger partial charge in [-0.05, 0) is 36.8 Å². The predicted molar refractivity (Wildman–Crippen MR) is 143 cm³/mol. The van der Waals surface area contributed by atoms with Gasteiger partial charge < -0.3 is 20.1 Å². The summed E-state index contributed by atoms with van der Waals surface area (Å²) in [5, 5.41) is 13.6. The first-order valence-electron chi connectivity index (χ1n) is 12.4. The van der Waals surface area contributed by atoms with Crippen LogP contribution in [-0.4, -0.2) is 83.1 Å². The molecular formula is C27H28ClF3N4O7. The SMILES string of the molecule is COC(=O)[C@]1(C)N[C@H](CN(C)C(=O)Nc2ccc(Cl)cc2)[C@@H]2C(=O)N(Cc3ccccc3)C(=O)[C@@H]21.O=C(O)C(F)(F)F. The summed E-state index contributed by atoms with van der Waals surface area (Å²) in [4.78, 5) is 63.9. The van der Waals surface area contributed by atoms with Crippen LogP contribution in [-0.2, 0) is 30.5 Å². The van der Waals surface area contributed by atoms with E-state index in [4.69, 9.17) is 26.2 Å². The molecule has 2 aromatic carbocycles. The molecule has 3 N–H and O–H groups in total. The number of likely N-dealkylation sites (tertiary alicyclic amines) is 1.